The van der Waals surface area contributed by atoms with E-state index >= 15 is 0 Å². The Kier molecular flexibility index (Phi) is 6.70. The summed E-state index contributed by atoms with van der Waals surface area (Å²) in [6.45, 7) is 0.824. The molecule has 0 N–H and O–H groups in total. The first-order chi connectivity index (χ1) is 15.5. The van der Waals surface area contributed by atoms with Gasteiger partial charge in [-0.15, -0.1) is 0 Å². The summed E-state index contributed by atoms with van der Waals surface area (Å²) in [5.74, 6) is 2.26. The maximum Gasteiger partial charge on any atom is 0.226 e. The van der Waals surface area contributed by atoms with E-state index < -0.39 is 0 Å². The molecule has 168 valence electrons. The van der Waals surface area contributed by atoms with Crippen molar-refractivity contribution in [3.05, 3.63) is 58.7 Å². The molecule has 4 rings (SSSR count). The van der Waals surface area contributed by atoms with Crippen molar-refractivity contribution >= 4 is 28.4 Å². The number of aromatic nitrogens is 1. The molecule has 1 saturated carbocycles. The van der Waals surface area contributed by atoms with Gasteiger partial charge < -0.3 is 19.1 Å². The number of amides is 1. The number of methoxy groups -OCH3 is 3. The molecule has 0 atom stereocenters. The van der Waals surface area contributed by atoms with Crippen LogP contribution >= 0.6 is 11.6 Å². The van der Waals surface area contributed by atoms with Gasteiger partial charge in [-0.3, -0.25) is 4.79 Å². The van der Waals surface area contributed by atoms with Crippen molar-refractivity contribution in [1.29, 1.82) is 0 Å². The number of ether oxygens (including phenoxy) is 3. The quantitative estimate of drug-likeness (QED) is 0.435. The highest BCUT2D eigenvalue weighted by molar-refractivity contribution is 6.30. The Morgan fingerprint density at radius 1 is 1.00 bits per heavy atom. The maximum absolute atomic E-state index is 13.3. The second-order valence-electron chi connectivity index (χ2n) is 8.01. The van der Waals surface area contributed by atoms with Crippen molar-refractivity contribution in [2.24, 2.45) is 5.92 Å². The van der Waals surface area contributed by atoms with E-state index in [1.165, 1.54) is 0 Å². The summed E-state index contributed by atoms with van der Waals surface area (Å²) in [6.07, 6.45) is 2.96. The van der Waals surface area contributed by atoms with E-state index in [-0.39, 0.29) is 11.8 Å². The molecule has 1 aromatic heterocycles. The van der Waals surface area contributed by atoms with E-state index in [0.717, 1.165) is 47.0 Å². The van der Waals surface area contributed by atoms with Gasteiger partial charge in [0.05, 0.1) is 26.8 Å². The standard InChI is InChI=1S/C25H27ClN2O4/c1-30-20-8-9-21-18(13-20)12-19(24(26)27-21)15-28(25(29)17-5-4-6-17)14-16-7-10-22(31-2)23(11-16)32-3/h7-13,17H,4-6,14-15H2,1-3H3. The summed E-state index contributed by atoms with van der Waals surface area (Å²) in [5, 5.41) is 1.33. The topological polar surface area (TPSA) is 60.9 Å². The SMILES string of the molecule is COc1ccc2nc(Cl)c(CN(Cc3ccc(OC)c(OC)c3)C(=O)C3CCC3)cc2c1. The fourth-order valence-corrected chi connectivity index (χ4v) is 4.15. The molecule has 1 aliphatic carbocycles. The summed E-state index contributed by atoms with van der Waals surface area (Å²) >= 11 is 6.53. The Labute approximate surface area is 193 Å². The van der Waals surface area contributed by atoms with Gasteiger partial charge in [-0.2, -0.15) is 0 Å². The Morgan fingerprint density at radius 2 is 1.78 bits per heavy atom. The van der Waals surface area contributed by atoms with Gasteiger partial charge in [-0.25, -0.2) is 4.98 Å². The number of carbonyl (C=O) groups is 1. The molecule has 6 nitrogen and oxygen atoms in total. The Morgan fingerprint density at radius 3 is 2.44 bits per heavy atom. The van der Waals surface area contributed by atoms with Gasteiger partial charge in [0.1, 0.15) is 10.9 Å². The molecule has 7 heteroatoms. The highest BCUT2D eigenvalue weighted by atomic mass is 35.5. The van der Waals surface area contributed by atoms with Crippen LogP contribution in [0, 0.1) is 5.92 Å². The van der Waals surface area contributed by atoms with Crippen molar-refractivity contribution < 1.29 is 19.0 Å². The molecule has 1 aliphatic rings. The predicted molar refractivity (Wildman–Crippen MR) is 124 cm³/mol. The molecule has 1 heterocycles. The lowest BCUT2D eigenvalue weighted by Crippen LogP contribution is -2.38. The lowest BCUT2D eigenvalue weighted by molar-refractivity contribution is -0.139. The van der Waals surface area contributed by atoms with E-state index in [1.807, 2.05) is 47.4 Å². The number of nitrogens with zero attached hydrogens (tertiary/aromatic N) is 2. The number of carbonyl (C=O) groups excluding carboxylic acids is 1. The largest absolute Gasteiger partial charge is 0.497 e. The molecule has 3 aromatic rings. The first kappa shape index (κ1) is 22.2. The molecule has 1 fully saturated rings. The zero-order valence-electron chi connectivity index (χ0n) is 18.6. The third-order valence-electron chi connectivity index (χ3n) is 6.00. The lowest BCUT2D eigenvalue weighted by atomic mass is 9.84. The smallest absolute Gasteiger partial charge is 0.226 e. The molecule has 0 spiro atoms. The average molecular weight is 455 g/mol. The first-order valence-electron chi connectivity index (χ1n) is 10.6. The lowest BCUT2D eigenvalue weighted by Gasteiger charge is -2.32. The number of pyridine rings is 1. The molecule has 0 unspecified atom stereocenters. The molecule has 0 radical (unpaired) electrons. The van der Waals surface area contributed by atoms with Crippen LogP contribution in [0.4, 0.5) is 0 Å². The van der Waals surface area contributed by atoms with Crippen LogP contribution in [0.15, 0.2) is 42.5 Å². The zero-order valence-corrected chi connectivity index (χ0v) is 19.3. The minimum absolute atomic E-state index is 0.0717. The van der Waals surface area contributed by atoms with Crippen LogP contribution in [0.1, 0.15) is 30.4 Å². The van der Waals surface area contributed by atoms with Gasteiger partial charge in [-0.05, 0) is 54.8 Å². The van der Waals surface area contributed by atoms with Crippen LogP contribution in [-0.4, -0.2) is 37.1 Å². The fraction of sp³-hybridized carbons (Fsp3) is 0.360. The van der Waals surface area contributed by atoms with Gasteiger partial charge in [-0.1, -0.05) is 24.1 Å². The molecule has 0 bridgehead atoms. The molecule has 1 amide bonds. The van der Waals surface area contributed by atoms with Gasteiger partial charge in [0, 0.05) is 30.0 Å². The van der Waals surface area contributed by atoms with Gasteiger partial charge in [0.2, 0.25) is 5.91 Å². The van der Waals surface area contributed by atoms with E-state index in [0.29, 0.717) is 29.7 Å². The normalized spacial score (nSPS) is 13.5. The van der Waals surface area contributed by atoms with E-state index in [4.69, 9.17) is 25.8 Å². The number of hydrogen-bond acceptors (Lipinski definition) is 5. The second-order valence-corrected chi connectivity index (χ2v) is 8.37. The summed E-state index contributed by atoms with van der Waals surface area (Å²) in [7, 11) is 4.84. The molecular formula is C25H27ClN2O4. The first-order valence-corrected chi connectivity index (χ1v) is 11.0. The third-order valence-corrected chi connectivity index (χ3v) is 6.32. The van der Waals surface area contributed by atoms with Crippen molar-refractivity contribution in [2.75, 3.05) is 21.3 Å². The third kappa shape index (κ3) is 4.60. The summed E-state index contributed by atoms with van der Waals surface area (Å²) in [6, 6.07) is 13.4. The van der Waals surface area contributed by atoms with Crippen LogP contribution in [-0.2, 0) is 17.9 Å². The van der Waals surface area contributed by atoms with Crippen LogP contribution in [0.2, 0.25) is 5.15 Å². The molecule has 2 aromatic carbocycles. The van der Waals surface area contributed by atoms with Gasteiger partial charge >= 0.3 is 0 Å². The van der Waals surface area contributed by atoms with Crippen molar-refractivity contribution in [3.8, 4) is 17.2 Å². The van der Waals surface area contributed by atoms with Gasteiger partial charge in [0.25, 0.3) is 0 Å². The minimum Gasteiger partial charge on any atom is -0.497 e. The van der Waals surface area contributed by atoms with Crippen LogP contribution < -0.4 is 14.2 Å². The molecule has 0 aliphatic heterocycles. The summed E-state index contributed by atoms with van der Waals surface area (Å²) < 4.78 is 16.1. The Bertz CT molecular complexity index is 1130. The van der Waals surface area contributed by atoms with E-state index in [2.05, 4.69) is 4.98 Å². The molecule has 0 saturated heterocycles. The highest BCUT2D eigenvalue weighted by Crippen LogP contribution is 2.33. The maximum atomic E-state index is 13.3. The van der Waals surface area contributed by atoms with Crippen molar-refractivity contribution in [3.63, 3.8) is 0 Å². The van der Waals surface area contributed by atoms with Crippen LogP contribution in [0.3, 0.4) is 0 Å². The van der Waals surface area contributed by atoms with E-state index in [1.54, 1.807) is 21.3 Å². The molecule has 32 heavy (non-hydrogen) atoms. The van der Waals surface area contributed by atoms with Crippen molar-refractivity contribution in [1.82, 2.24) is 9.88 Å². The van der Waals surface area contributed by atoms with Crippen molar-refractivity contribution in [2.45, 2.75) is 32.4 Å². The van der Waals surface area contributed by atoms with Crippen LogP contribution in [0.25, 0.3) is 10.9 Å². The van der Waals surface area contributed by atoms with E-state index in [9.17, 15) is 4.79 Å². The number of rotatable bonds is 8. The summed E-state index contributed by atoms with van der Waals surface area (Å²) in [5.41, 5.74) is 2.55. The Balaban J connectivity index is 1.65. The number of benzene rings is 2. The second kappa shape index (κ2) is 9.65. The average Bonchev–Trinajstić information content (AvgIpc) is 2.77. The minimum atomic E-state index is 0.0717. The summed E-state index contributed by atoms with van der Waals surface area (Å²) in [4.78, 5) is 19.7. The highest BCUT2D eigenvalue weighted by Gasteiger charge is 2.30. The monoisotopic (exact) mass is 454 g/mol. The fourth-order valence-electron chi connectivity index (χ4n) is 3.94. The Hall–Kier alpha value is -2.99. The number of halogens is 1. The van der Waals surface area contributed by atoms with Crippen LogP contribution in [0.5, 0.6) is 17.2 Å². The number of hydrogen-bond donors (Lipinski definition) is 0. The predicted octanol–water partition coefficient (Wildman–Crippen LogP) is 5.24. The number of fused-ring (bicyclic) bond motifs is 1. The zero-order chi connectivity index (χ0) is 22.7. The molecular weight excluding hydrogens is 428 g/mol. The van der Waals surface area contributed by atoms with Gasteiger partial charge in [0.15, 0.2) is 11.5 Å².